The number of carbonyl (C=O) groups excluding carboxylic acids is 2. The van der Waals surface area contributed by atoms with E-state index in [0.29, 0.717) is 29.7 Å². The number of unbranched alkanes of at least 4 members (excludes halogenated alkanes) is 2. The molecular formula is C17H29N7O3. The van der Waals surface area contributed by atoms with Crippen LogP contribution in [-0.4, -0.2) is 57.2 Å². The molecule has 2 heterocycles. The Bertz CT molecular complexity index is 623. The highest BCUT2D eigenvalue weighted by molar-refractivity contribution is 5.80. The molecule has 10 nitrogen and oxygen atoms in total. The van der Waals surface area contributed by atoms with E-state index >= 15 is 0 Å². The van der Waals surface area contributed by atoms with Crippen molar-refractivity contribution in [1.82, 2.24) is 25.4 Å². The summed E-state index contributed by atoms with van der Waals surface area (Å²) in [5.74, 6) is 0.568. The lowest BCUT2D eigenvalue weighted by molar-refractivity contribution is -0.154. The summed E-state index contributed by atoms with van der Waals surface area (Å²) in [7, 11) is 0. The van der Waals surface area contributed by atoms with Gasteiger partial charge in [-0.1, -0.05) is 26.2 Å². The van der Waals surface area contributed by atoms with Gasteiger partial charge in [-0.3, -0.25) is 25.6 Å². The number of carbonyl (C=O) groups is 2. The Morgan fingerprint density at radius 1 is 1.30 bits per heavy atom. The number of aryl methyl sites for hydroxylation is 1. The van der Waals surface area contributed by atoms with Gasteiger partial charge in [-0.2, -0.15) is 15.0 Å². The van der Waals surface area contributed by atoms with Crippen molar-refractivity contribution < 1.29 is 14.8 Å². The van der Waals surface area contributed by atoms with Gasteiger partial charge in [-0.05, 0) is 26.2 Å². The molecule has 27 heavy (non-hydrogen) atoms. The van der Waals surface area contributed by atoms with Gasteiger partial charge >= 0.3 is 0 Å². The highest BCUT2D eigenvalue weighted by Crippen LogP contribution is 2.17. The highest BCUT2D eigenvalue weighted by Gasteiger charge is 2.21. The van der Waals surface area contributed by atoms with Crippen molar-refractivity contribution >= 4 is 24.2 Å². The molecule has 2 rings (SSSR count). The fourth-order valence-electron chi connectivity index (χ4n) is 3.02. The first-order valence-electron chi connectivity index (χ1n) is 9.47. The maximum absolute atomic E-state index is 12.5. The number of hydroxylamine groups is 2. The minimum absolute atomic E-state index is 0.0595. The molecular weight excluding hydrogens is 350 g/mol. The van der Waals surface area contributed by atoms with Crippen LogP contribution in [-0.2, 0) is 9.59 Å². The molecule has 0 radical (unpaired) electrons. The van der Waals surface area contributed by atoms with Crippen LogP contribution in [0.2, 0.25) is 0 Å². The van der Waals surface area contributed by atoms with Crippen molar-refractivity contribution in [3.05, 3.63) is 5.82 Å². The van der Waals surface area contributed by atoms with Crippen LogP contribution in [0, 0.1) is 12.8 Å². The summed E-state index contributed by atoms with van der Waals surface area (Å²) < 4.78 is 0. The van der Waals surface area contributed by atoms with Gasteiger partial charge < -0.3 is 4.90 Å². The van der Waals surface area contributed by atoms with E-state index in [4.69, 9.17) is 0 Å². The zero-order valence-electron chi connectivity index (χ0n) is 16.0. The lowest BCUT2D eigenvalue weighted by atomic mass is 10.0. The van der Waals surface area contributed by atoms with Gasteiger partial charge in [-0.15, -0.1) is 0 Å². The minimum atomic E-state index is -0.528. The average molecular weight is 379 g/mol. The predicted octanol–water partition coefficient (Wildman–Crippen LogP) is 1.27. The predicted molar refractivity (Wildman–Crippen MR) is 100.0 cm³/mol. The van der Waals surface area contributed by atoms with Gasteiger partial charge in [0.2, 0.25) is 24.2 Å². The second-order valence-corrected chi connectivity index (χ2v) is 6.73. The first-order chi connectivity index (χ1) is 13.0. The number of hydrogen-bond acceptors (Lipinski definition) is 8. The number of hydrogen-bond donors (Lipinski definition) is 3. The fourth-order valence-corrected chi connectivity index (χ4v) is 3.02. The first-order valence-corrected chi connectivity index (χ1v) is 9.47. The summed E-state index contributed by atoms with van der Waals surface area (Å²) in [6.45, 7) is 5.60. The Balaban J connectivity index is 1.97. The van der Waals surface area contributed by atoms with E-state index in [0.717, 1.165) is 45.2 Å². The molecule has 0 aliphatic carbocycles. The van der Waals surface area contributed by atoms with E-state index in [1.54, 1.807) is 6.92 Å². The molecule has 1 aromatic rings. The second-order valence-electron chi connectivity index (χ2n) is 6.73. The van der Waals surface area contributed by atoms with Crippen molar-refractivity contribution in [2.45, 2.75) is 52.4 Å². The Morgan fingerprint density at radius 3 is 2.70 bits per heavy atom. The van der Waals surface area contributed by atoms with Crippen molar-refractivity contribution in [3.63, 3.8) is 0 Å². The topological polar surface area (TPSA) is 124 Å². The van der Waals surface area contributed by atoms with Crippen molar-refractivity contribution in [1.29, 1.82) is 0 Å². The van der Waals surface area contributed by atoms with Gasteiger partial charge in [0.1, 0.15) is 5.82 Å². The van der Waals surface area contributed by atoms with Crippen LogP contribution in [0.4, 0.5) is 11.9 Å². The van der Waals surface area contributed by atoms with Crippen LogP contribution in [0.15, 0.2) is 0 Å². The number of nitrogens with zero attached hydrogens (tertiary/aromatic N) is 5. The molecule has 10 heteroatoms. The molecule has 0 aromatic carbocycles. The van der Waals surface area contributed by atoms with Gasteiger partial charge in [0.15, 0.2) is 0 Å². The normalized spacial score (nSPS) is 14.7. The van der Waals surface area contributed by atoms with Crippen molar-refractivity contribution in [2.24, 2.45) is 5.92 Å². The third kappa shape index (κ3) is 6.63. The van der Waals surface area contributed by atoms with E-state index in [1.807, 2.05) is 0 Å². The summed E-state index contributed by atoms with van der Waals surface area (Å²) in [5.41, 5.74) is 5.32. The molecule has 0 spiro atoms. The van der Waals surface area contributed by atoms with Crippen molar-refractivity contribution in [2.75, 3.05) is 30.0 Å². The number of anilines is 2. The summed E-state index contributed by atoms with van der Waals surface area (Å²) in [5, 5.41) is 9.93. The number of rotatable bonds is 11. The molecule has 0 saturated carbocycles. The monoisotopic (exact) mass is 379 g/mol. The smallest absolute Gasteiger partial charge is 0.246 e. The Labute approximate surface area is 159 Å². The minimum Gasteiger partial charge on any atom is -0.341 e. The van der Waals surface area contributed by atoms with E-state index in [2.05, 4.69) is 37.6 Å². The third-order valence-electron chi connectivity index (χ3n) is 4.48. The van der Waals surface area contributed by atoms with E-state index < -0.39 is 5.92 Å². The van der Waals surface area contributed by atoms with Gasteiger partial charge in [-0.25, -0.2) is 5.06 Å². The summed E-state index contributed by atoms with van der Waals surface area (Å²) in [6, 6.07) is 0. The number of hydrazine groups is 1. The zero-order chi connectivity index (χ0) is 19.6. The van der Waals surface area contributed by atoms with Crippen LogP contribution < -0.4 is 15.8 Å². The zero-order valence-corrected chi connectivity index (χ0v) is 16.0. The summed E-state index contributed by atoms with van der Waals surface area (Å²) in [6.07, 6.45) is 5.93. The highest BCUT2D eigenvalue weighted by atomic mass is 16.5. The summed E-state index contributed by atoms with van der Waals surface area (Å²) in [4.78, 5) is 38.1. The SMILES string of the molecule is CCCCCC(CN(O)C=O)C(=O)NNc1nc(C)nc(N2CCCC2)n1. The standard InChI is InChI=1S/C17H29N7O3/c1-3-4-5-8-14(11-24(27)12-25)15(26)21-22-16-18-13(2)19-17(20-16)23-9-6-7-10-23/h12,14,27H,3-11H2,1-2H3,(H,21,26)(H,18,19,20,22). The maximum Gasteiger partial charge on any atom is 0.246 e. The lowest BCUT2D eigenvalue weighted by Gasteiger charge is -2.20. The van der Waals surface area contributed by atoms with Crippen molar-refractivity contribution in [3.8, 4) is 0 Å². The van der Waals surface area contributed by atoms with Gasteiger partial charge in [0, 0.05) is 13.1 Å². The van der Waals surface area contributed by atoms with Gasteiger partial charge in [0.05, 0.1) is 12.5 Å². The quantitative estimate of drug-likeness (QED) is 0.227. The second kappa shape index (κ2) is 10.6. The molecule has 3 N–H and O–H groups in total. The Morgan fingerprint density at radius 2 is 2.04 bits per heavy atom. The largest absolute Gasteiger partial charge is 0.341 e. The number of aromatic nitrogens is 3. The maximum atomic E-state index is 12.5. The molecule has 1 fully saturated rings. The molecule has 2 amide bonds. The van der Waals surface area contributed by atoms with Crippen LogP contribution in [0.25, 0.3) is 0 Å². The molecule has 1 saturated heterocycles. The Hall–Kier alpha value is -2.49. The van der Waals surface area contributed by atoms with Crippen LogP contribution in [0.5, 0.6) is 0 Å². The van der Waals surface area contributed by atoms with E-state index in [-0.39, 0.29) is 18.4 Å². The molecule has 1 aliphatic rings. The van der Waals surface area contributed by atoms with Crippen LogP contribution >= 0.6 is 0 Å². The lowest BCUT2D eigenvalue weighted by Crippen LogP contribution is -2.40. The molecule has 1 atom stereocenters. The first kappa shape index (κ1) is 20.8. The number of nitrogens with one attached hydrogen (secondary N) is 2. The van der Waals surface area contributed by atoms with Crippen LogP contribution in [0.3, 0.4) is 0 Å². The Kier molecular flexibility index (Phi) is 8.18. The molecule has 0 bridgehead atoms. The molecule has 1 unspecified atom stereocenters. The van der Waals surface area contributed by atoms with Crippen LogP contribution in [0.1, 0.15) is 51.3 Å². The third-order valence-corrected chi connectivity index (χ3v) is 4.48. The molecule has 150 valence electrons. The number of amides is 2. The van der Waals surface area contributed by atoms with Gasteiger partial charge in [0.25, 0.3) is 0 Å². The average Bonchev–Trinajstić information content (AvgIpc) is 3.19. The molecule has 1 aliphatic heterocycles. The molecule has 1 aromatic heterocycles. The summed E-state index contributed by atoms with van der Waals surface area (Å²) >= 11 is 0. The van der Waals surface area contributed by atoms with E-state index in [9.17, 15) is 14.8 Å². The van der Waals surface area contributed by atoms with E-state index in [1.165, 1.54) is 0 Å². The fraction of sp³-hybridized carbons (Fsp3) is 0.706.